The molecule has 1 aromatic carbocycles. The van der Waals surface area contributed by atoms with Gasteiger partial charge in [0.2, 0.25) is 0 Å². The van der Waals surface area contributed by atoms with E-state index in [9.17, 15) is 9.59 Å². The number of hydrogen-bond donors (Lipinski definition) is 1. The first-order valence-corrected chi connectivity index (χ1v) is 8.82. The van der Waals surface area contributed by atoms with Crippen molar-refractivity contribution >= 4 is 29.1 Å². The normalized spacial score (nSPS) is 15.0. The average Bonchev–Trinajstić information content (AvgIpc) is 2.65. The Bertz CT molecular complexity index is 832. The lowest BCUT2D eigenvalue weighted by molar-refractivity contribution is 0.0663. The van der Waals surface area contributed by atoms with E-state index in [1.165, 1.54) is 12.4 Å². The molecule has 7 heteroatoms. The summed E-state index contributed by atoms with van der Waals surface area (Å²) in [5.74, 6) is -0.421. The summed E-state index contributed by atoms with van der Waals surface area (Å²) in [4.78, 5) is 33.2. The largest absolute Gasteiger partial charge is 0.336 e. The predicted octanol–water partition coefficient (Wildman–Crippen LogP) is 2.68. The number of hydrogen-bond acceptors (Lipinski definition) is 4. The van der Waals surface area contributed by atoms with Crippen LogP contribution in [0.25, 0.3) is 0 Å². The fourth-order valence-electron chi connectivity index (χ4n) is 2.80. The lowest BCUT2D eigenvalue weighted by Crippen LogP contribution is -2.47. The van der Waals surface area contributed by atoms with Crippen LogP contribution in [0.3, 0.4) is 0 Å². The second-order valence-corrected chi connectivity index (χ2v) is 6.91. The van der Waals surface area contributed by atoms with Crippen LogP contribution in [0.5, 0.6) is 0 Å². The Kier molecular flexibility index (Phi) is 5.54. The molecule has 0 aliphatic carbocycles. The highest BCUT2D eigenvalue weighted by atomic mass is 35.5. The van der Waals surface area contributed by atoms with Gasteiger partial charge in [0, 0.05) is 49.3 Å². The maximum atomic E-state index is 12.7. The minimum atomic E-state index is -0.323. The maximum absolute atomic E-state index is 12.7. The second-order valence-electron chi connectivity index (χ2n) is 6.47. The van der Waals surface area contributed by atoms with Crippen molar-refractivity contribution in [3.63, 3.8) is 0 Å². The third-order valence-corrected chi connectivity index (χ3v) is 4.72. The van der Waals surface area contributed by atoms with Gasteiger partial charge in [-0.2, -0.15) is 0 Å². The zero-order valence-corrected chi connectivity index (χ0v) is 15.6. The van der Waals surface area contributed by atoms with Crippen LogP contribution in [0.2, 0.25) is 5.02 Å². The van der Waals surface area contributed by atoms with E-state index >= 15 is 0 Å². The number of aromatic nitrogens is 1. The third-order valence-electron chi connectivity index (χ3n) is 4.49. The number of piperazine rings is 1. The van der Waals surface area contributed by atoms with Crippen molar-refractivity contribution in [2.75, 3.05) is 38.5 Å². The summed E-state index contributed by atoms with van der Waals surface area (Å²) in [6.07, 6.45) is 2.96. The number of aryl methyl sites for hydroxylation is 1. The molecule has 0 atom stereocenters. The molecule has 2 aromatic rings. The summed E-state index contributed by atoms with van der Waals surface area (Å²) in [7, 11) is 2.03. The van der Waals surface area contributed by atoms with Gasteiger partial charge in [-0.05, 0) is 37.7 Å². The van der Waals surface area contributed by atoms with Gasteiger partial charge in [0.15, 0.2) is 0 Å². The first kappa shape index (κ1) is 18.4. The van der Waals surface area contributed by atoms with Crippen molar-refractivity contribution in [1.29, 1.82) is 0 Å². The van der Waals surface area contributed by atoms with E-state index < -0.39 is 0 Å². The molecule has 1 saturated heterocycles. The molecule has 3 rings (SSSR count). The Morgan fingerprint density at radius 3 is 2.50 bits per heavy atom. The van der Waals surface area contributed by atoms with Gasteiger partial charge in [0.1, 0.15) is 0 Å². The Labute approximate surface area is 157 Å². The van der Waals surface area contributed by atoms with Crippen molar-refractivity contribution in [2.24, 2.45) is 0 Å². The molecule has 1 aliphatic heterocycles. The Balaban J connectivity index is 1.75. The molecule has 0 bridgehead atoms. The van der Waals surface area contributed by atoms with E-state index in [1.54, 1.807) is 23.1 Å². The second kappa shape index (κ2) is 7.85. The number of nitrogens with zero attached hydrogens (tertiary/aromatic N) is 3. The zero-order chi connectivity index (χ0) is 18.7. The number of anilines is 1. The minimum Gasteiger partial charge on any atom is -0.336 e. The molecular formula is C19H21ClN4O2. The summed E-state index contributed by atoms with van der Waals surface area (Å²) in [5, 5.41) is 3.37. The van der Waals surface area contributed by atoms with Crippen molar-refractivity contribution in [2.45, 2.75) is 6.92 Å². The quantitative estimate of drug-likeness (QED) is 0.899. The number of rotatable bonds is 3. The van der Waals surface area contributed by atoms with Crippen LogP contribution in [0.15, 0.2) is 36.7 Å². The van der Waals surface area contributed by atoms with Crippen LogP contribution in [0.1, 0.15) is 26.3 Å². The zero-order valence-electron chi connectivity index (χ0n) is 14.8. The van der Waals surface area contributed by atoms with Crippen LogP contribution >= 0.6 is 11.6 Å². The molecule has 1 aromatic heterocycles. The van der Waals surface area contributed by atoms with Crippen molar-refractivity contribution in [1.82, 2.24) is 14.8 Å². The van der Waals surface area contributed by atoms with Crippen LogP contribution in [0, 0.1) is 6.92 Å². The lowest BCUT2D eigenvalue weighted by atomic mass is 10.1. The predicted molar refractivity (Wildman–Crippen MR) is 102 cm³/mol. The molecule has 1 N–H and O–H groups in total. The number of benzene rings is 1. The highest BCUT2D eigenvalue weighted by Gasteiger charge is 2.21. The van der Waals surface area contributed by atoms with Crippen LogP contribution < -0.4 is 5.32 Å². The maximum Gasteiger partial charge on any atom is 0.257 e. The molecule has 26 heavy (non-hydrogen) atoms. The van der Waals surface area contributed by atoms with E-state index in [1.807, 2.05) is 20.0 Å². The summed E-state index contributed by atoms with van der Waals surface area (Å²) >= 11 is 5.99. The summed E-state index contributed by atoms with van der Waals surface area (Å²) in [6, 6.07) is 6.89. The fraction of sp³-hybridized carbons (Fsp3) is 0.316. The van der Waals surface area contributed by atoms with E-state index in [2.05, 4.69) is 15.2 Å². The fourth-order valence-corrected chi connectivity index (χ4v) is 2.97. The molecule has 2 heterocycles. The summed E-state index contributed by atoms with van der Waals surface area (Å²) < 4.78 is 0. The topological polar surface area (TPSA) is 65.5 Å². The van der Waals surface area contributed by atoms with Crippen molar-refractivity contribution < 1.29 is 9.59 Å². The molecule has 0 spiro atoms. The SMILES string of the molecule is Cc1ccc(Cl)cc1NC(=O)c1cncc(C(=O)N2CCN(C)CC2)c1. The molecule has 6 nitrogen and oxygen atoms in total. The van der Waals surface area contributed by atoms with Gasteiger partial charge in [0.25, 0.3) is 11.8 Å². The first-order chi connectivity index (χ1) is 12.4. The standard InChI is InChI=1S/C19H21ClN4O2/c1-13-3-4-16(20)10-17(13)22-18(25)14-9-15(12-21-11-14)19(26)24-7-5-23(2)6-8-24/h3-4,9-12H,5-8H2,1-2H3,(H,22,25). The van der Waals surface area contributed by atoms with Gasteiger partial charge in [-0.3, -0.25) is 14.6 Å². The van der Waals surface area contributed by atoms with E-state index in [-0.39, 0.29) is 11.8 Å². The minimum absolute atomic E-state index is 0.0980. The van der Waals surface area contributed by atoms with Crippen LogP contribution in [0.4, 0.5) is 5.69 Å². The van der Waals surface area contributed by atoms with Crippen molar-refractivity contribution in [3.05, 3.63) is 58.4 Å². The number of amides is 2. The number of halogens is 1. The van der Waals surface area contributed by atoms with Gasteiger partial charge >= 0.3 is 0 Å². The van der Waals surface area contributed by atoms with Gasteiger partial charge in [-0.25, -0.2) is 0 Å². The van der Waals surface area contributed by atoms with Crippen LogP contribution in [-0.4, -0.2) is 59.8 Å². The number of likely N-dealkylation sites (N-methyl/N-ethyl adjacent to an activating group) is 1. The molecule has 1 aliphatic rings. The molecule has 2 amide bonds. The number of carbonyl (C=O) groups is 2. The average molecular weight is 373 g/mol. The van der Waals surface area contributed by atoms with Gasteiger partial charge in [-0.1, -0.05) is 17.7 Å². The van der Waals surface area contributed by atoms with E-state index in [0.29, 0.717) is 34.9 Å². The van der Waals surface area contributed by atoms with Gasteiger partial charge in [0.05, 0.1) is 11.1 Å². The summed E-state index contributed by atoms with van der Waals surface area (Å²) in [6.45, 7) is 4.92. The number of nitrogens with one attached hydrogen (secondary N) is 1. The van der Waals surface area contributed by atoms with Gasteiger partial charge < -0.3 is 15.1 Å². The smallest absolute Gasteiger partial charge is 0.257 e. The monoisotopic (exact) mass is 372 g/mol. The lowest BCUT2D eigenvalue weighted by Gasteiger charge is -2.32. The molecule has 1 fully saturated rings. The number of pyridine rings is 1. The van der Waals surface area contributed by atoms with Crippen molar-refractivity contribution in [3.8, 4) is 0 Å². The highest BCUT2D eigenvalue weighted by molar-refractivity contribution is 6.31. The third kappa shape index (κ3) is 4.20. The molecule has 0 radical (unpaired) electrons. The Morgan fingerprint density at radius 2 is 1.77 bits per heavy atom. The Hall–Kier alpha value is -2.44. The van der Waals surface area contributed by atoms with E-state index in [4.69, 9.17) is 11.6 Å². The molecule has 0 saturated carbocycles. The number of carbonyl (C=O) groups excluding carboxylic acids is 2. The van der Waals surface area contributed by atoms with Crippen LogP contribution in [-0.2, 0) is 0 Å². The van der Waals surface area contributed by atoms with Gasteiger partial charge in [-0.15, -0.1) is 0 Å². The first-order valence-electron chi connectivity index (χ1n) is 8.44. The molecule has 0 unspecified atom stereocenters. The Morgan fingerprint density at radius 1 is 1.08 bits per heavy atom. The molecule has 136 valence electrons. The molecular weight excluding hydrogens is 352 g/mol. The highest BCUT2D eigenvalue weighted by Crippen LogP contribution is 2.21. The van der Waals surface area contributed by atoms with E-state index in [0.717, 1.165) is 18.7 Å². The summed E-state index contributed by atoms with van der Waals surface area (Å²) in [5.41, 5.74) is 2.30.